The summed E-state index contributed by atoms with van der Waals surface area (Å²) in [6.45, 7) is 3.91. The fourth-order valence-electron chi connectivity index (χ4n) is 8.96. The highest BCUT2D eigenvalue weighted by Gasteiger charge is 2.38. The number of hydrogen-bond acceptors (Lipinski definition) is 15. The van der Waals surface area contributed by atoms with Gasteiger partial charge in [0.05, 0.1) is 73.8 Å². The number of ether oxygens (including phenoxy) is 10. The van der Waals surface area contributed by atoms with Gasteiger partial charge in [-0.25, -0.2) is 4.79 Å². The first kappa shape index (κ1) is 55.3. The van der Waals surface area contributed by atoms with E-state index in [-0.39, 0.29) is 49.3 Å². The van der Waals surface area contributed by atoms with Crippen molar-refractivity contribution < 1.29 is 71.3 Å². The van der Waals surface area contributed by atoms with Crippen molar-refractivity contribution in [1.82, 2.24) is 15.5 Å². The second kappa shape index (κ2) is 28.3. The molecule has 18 heteroatoms. The van der Waals surface area contributed by atoms with E-state index in [4.69, 9.17) is 47.4 Å². The van der Waals surface area contributed by atoms with Crippen molar-refractivity contribution in [1.29, 1.82) is 0 Å². The van der Waals surface area contributed by atoms with Gasteiger partial charge in [0.2, 0.25) is 23.5 Å². The predicted octanol–water partition coefficient (Wildman–Crippen LogP) is 6.65. The van der Waals surface area contributed by atoms with Crippen LogP contribution in [0.15, 0.2) is 78.9 Å². The topological polar surface area (TPSA) is 205 Å². The summed E-state index contributed by atoms with van der Waals surface area (Å²) in [5.41, 5.74) is 3.11. The van der Waals surface area contributed by atoms with Gasteiger partial charge in [0, 0.05) is 19.5 Å². The molecule has 2 heterocycles. The molecule has 0 aliphatic carbocycles. The van der Waals surface area contributed by atoms with Crippen molar-refractivity contribution in [2.24, 2.45) is 0 Å². The third-order valence-corrected chi connectivity index (χ3v) is 12.8. The summed E-state index contributed by atoms with van der Waals surface area (Å²) in [6.07, 6.45) is 3.36. The van der Waals surface area contributed by atoms with Crippen molar-refractivity contribution in [3.05, 3.63) is 101 Å². The van der Waals surface area contributed by atoms with Gasteiger partial charge in [0.15, 0.2) is 29.6 Å². The molecule has 2 fully saturated rings. The number of amides is 4. The van der Waals surface area contributed by atoms with Gasteiger partial charge >= 0.3 is 5.97 Å². The van der Waals surface area contributed by atoms with Gasteiger partial charge in [0.25, 0.3) is 5.91 Å². The van der Waals surface area contributed by atoms with Crippen molar-refractivity contribution >= 4 is 29.6 Å². The van der Waals surface area contributed by atoms with Gasteiger partial charge in [-0.15, -0.1) is 0 Å². The molecule has 394 valence electrons. The number of imide groups is 1. The number of rotatable bonds is 28. The third kappa shape index (κ3) is 15.5. The molecule has 2 aliphatic heterocycles. The predicted molar refractivity (Wildman–Crippen MR) is 269 cm³/mol. The number of nitrogens with one attached hydrogen (secondary N) is 2. The van der Waals surface area contributed by atoms with Gasteiger partial charge in [-0.2, -0.15) is 0 Å². The van der Waals surface area contributed by atoms with Crippen molar-refractivity contribution in [3.8, 4) is 40.2 Å². The zero-order valence-electron chi connectivity index (χ0n) is 42.7. The molecule has 6 rings (SSSR count). The number of nitrogens with zero attached hydrogens (tertiary/aromatic N) is 1. The number of carbonyl (C=O) groups is 5. The minimum Gasteiger partial charge on any atom is -0.493 e. The molecule has 4 aromatic carbocycles. The Kier molecular flexibility index (Phi) is 21.4. The first-order valence-electron chi connectivity index (χ1n) is 24.7. The Bertz CT molecular complexity index is 2440. The van der Waals surface area contributed by atoms with E-state index in [1.807, 2.05) is 43.3 Å². The fraction of sp³-hybridized carbons (Fsp3) is 0.473. The number of esters is 1. The summed E-state index contributed by atoms with van der Waals surface area (Å²) >= 11 is 0. The largest absolute Gasteiger partial charge is 0.493 e. The summed E-state index contributed by atoms with van der Waals surface area (Å²) in [7, 11) is 7.72. The van der Waals surface area contributed by atoms with Crippen LogP contribution in [-0.2, 0) is 44.6 Å². The average Bonchev–Trinajstić information content (AvgIpc) is 3.41. The molecule has 0 bridgehead atoms. The lowest BCUT2D eigenvalue weighted by atomic mass is 9.90. The minimum atomic E-state index is -0.813. The highest BCUT2D eigenvalue weighted by molar-refractivity contribution is 6.01. The standard InChI is InChI=1S/C55H69N3O15/c1-7-42(39-33-48(66-4)52(68-6)49(34-39)67-5)54(62)58-25-9-8-13-44(58)55(63)73-45(21-14-36-15-22-46(64-2)47(31-36)65-3)38-11-10-12-41(32-38)72-35-51(60)56-24-26-69-27-28-70-29-30-71-40-18-16-37(17-19-40)43-20-23-50(59)57-53(43)61/h10-12,15-19,22,31-34,42-45H,7-9,13-14,20-21,23-30,35H2,1-6H3,(H,56,60)(H,57,59,61)/t42-,43?,44-,45+/m0/s1. The first-order valence-corrected chi connectivity index (χ1v) is 24.7. The van der Waals surface area contributed by atoms with Crippen LogP contribution in [0.3, 0.4) is 0 Å². The summed E-state index contributed by atoms with van der Waals surface area (Å²) in [6, 6.07) is 22.8. The molecule has 18 nitrogen and oxygen atoms in total. The van der Waals surface area contributed by atoms with Gasteiger partial charge in [0.1, 0.15) is 30.3 Å². The lowest BCUT2D eigenvalue weighted by Gasteiger charge is -2.37. The molecular weight excluding hydrogens is 943 g/mol. The highest BCUT2D eigenvalue weighted by atomic mass is 16.6. The van der Waals surface area contributed by atoms with E-state index in [0.29, 0.717) is 123 Å². The number of carbonyl (C=O) groups excluding carboxylic acids is 5. The lowest BCUT2D eigenvalue weighted by Crippen LogP contribution is -2.50. The van der Waals surface area contributed by atoms with Gasteiger partial charge in [-0.05, 0) is 116 Å². The third-order valence-electron chi connectivity index (χ3n) is 12.8. The van der Waals surface area contributed by atoms with Crippen LogP contribution in [0.2, 0.25) is 0 Å². The Hall–Kier alpha value is -7.05. The zero-order chi connectivity index (χ0) is 52.1. The van der Waals surface area contributed by atoms with Crippen LogP contribution < -0.4 is 43.8 Å². The van der Waals surface area contributed by atoms with Crippen LogP contribution in [0.25, 0.3) is 0 Å². The number of aryl methyl sites for hydroxylation is 1. The van der Waals surface area contributed by atoms with Crippen LogP contribution in [-0.4, -0.2) is 129 Å². The Morgan fingerprint density at radius 1 is 0.712 bits per heavy atom. The number of benzene rings is 4. The van der Waals surface area contributed by atoms with E-state index in [1.165, 1.54) is 21.3 Å². The molecule has 1 unspecified atom stereocenters. The molecule has 2 aliphatic rings. The number of piperidine rings is 2. The Morgan fingerprint density at radius 2 is 1.42 bits per heavy atom. The monoisotopic (exact) mass is 1010 g/mol. The molecule has 4 amide bonds. The lowest BCUT2D eigenvalue weighted by molar-refractivity contribution is -0.162. The Labute approximate surface area is 427 Å². The van der Waals surface area contributed by atoms with Crippen LogP contribution >= 0.6 is 0 Å². The molecule has 0 aromatic heterocycles. The van der Waals surface area contributed by atoms with E-state index < -0.39 is 24.0 Å². The molecule has 4 atom stereocenters. The first-order chi connectivity index (χ1) is 35.5. The molecule has 2 N–H and O–H groups in total. The molecular formula is C55H69N3O15. The van der Waals surface area contributed by atoms with Gasteiger partial charge in [-0.1, -0.05) is 37.3 Å². The minimum absolute atomic E-state index is 0.192. The maximum atomic E-state index is 14.5. The van der Waals surface area contributed by atoms with E-state index in [0.717, 1.165) is 24.0 Å². The van der Waals surface area contributed by atoms with E-state index in [2.05, 4.69) is 10.6 Å². The summed E-state index contributed by atoms with van der Waals surface area (Å²) in [5.74, 6) is 1.00. The molecule has 2 saturated heterocycles. The van der Waals surface area contributed by atoms with Crippen LogP contribution in [0, 0.1) is 0 Å². The van der Waals surface area contributed by atoms with Crippen molar-refractivity contribution in [2.75, 3.05) is 88.3 Å². The Balaban J connectivity index is 0.997. The number of likely N-dealkylation sites (tertiary alicyclic amines) is 1. The van der Waals surface area contributed by atoms with E-state index in [9.17, 15) is 24.0 Å². The number of methoxy groups -OCH3 is 5. The quantitative estimate of drug-likeness (QED) is 0.0347. The van der Waals surface area contributed by atoms with Crippen molar-refractivity contribution in [3.63, 3.8) is 0 Å². The van der Waals surface area contributed by atoms with E-state index in [1.54, 1.807) is 61.6 Å². The zero-order valence-corrected chi connectivity index (χ0v) is 42.7. The summed E-state index contributed by atoms with van der Waals surface area (Å²) in [5, 5.41) is 5.17. The summed E-state index contributed by atoms with van der Waals surface area (Å²) < 4.78 is 57.0. The molecule has 0 spiro atoms. The number of hydrogen-bond donors (Lipinski definition) is 2. The average molecular weight is 1010 g/mol. The molecule has 0 saturated carbocycles. The maximum Gasteiger partial charge on any atom is 0.329 e. The van der Waals surface area contributed by atoms with E-state index >= 15 is 0 Å². The molecule has 4 aromatic rings. The fourth-order valence-corrected chi connectivity index (χ4v) is 8.96. The summed E-state index contributed by atoms with van der Waals surface area (Å²) in [4.78, 5) is 67.0. The smallest absolute Gasteiger partial charge is 0.329 e. The van der Waals surface area contributed by atoms with Crippen LogP contribution in [0.5, 0.6) is 40.2 Å². The maximum absolute atomic E-state index is 14.5. The second-order valence-electron chi connectivity index (χ2n) is 17.5. The SMILES string of the molecule is CC[C@H](C(=O)N1CCCC[C@H]1C(=O)O[C@H](CCc1ccc(OC)c(OC)c1)c1cccc(OCC(=O)NCCOCCOCCOc2ccc(C3CCC(=O)NC3=O)cc2)c1)c1cc(OC)c(OC)c(OC)c1. The van der Waals surface area contributed by atoms with Crippen LogP contribution in [0.1, 0.15) is 92.1 Å². The molecule has 0 radical (unpaired) electrons. The van der Waals surface area contributed by atoms with Gasteiger partial charge < -0.3 is 57.6 Å². The molecule has 73 heavy (non-hydrogen) atoms. The normalized spacial score (nSPS) is 16.3. The van der Waals surface area contributed by atoms with Gasteiger partial charge in [-0.3, -0.25) is 24.5 Å². The Morgan fingerprint density at radius 3 is 2.11 bits per heavy atom. The van der Waals surface area contributed by atoms with Crippen LogP contribution in [0.4, 0.5) is 0 Å². The van der Waals surface area contributed by atoms with Crippen molar-refractivity contribution in [2.45, 2.75) is 82.3 Å². The highest BCUT2D eigenvalue weighted by Crippen LogP contribution is 2.42. The second-order valence-corrected chi connectivity index (χ2v) is 17.5.